The van der Waals surface area contributed by atoms with Crippen LogP contribution in [0, 0.1) is 0 Å². The number of carbonyl (C=O) groups excluding carboxylic acids is 1. The Morgan fingerprint density at radius 3 is 2.80 bits per heavy atom. The molecule has 1 saturated heterocycles. The molecule has 1 aliphatic heterocycles. The first kappa shape index (κ1) is 15.8. The summed E-state index contributed by atoms with van der Waals surface area (Å²) in [7, 11) is -3.03. The molecule has 4 nitrogen and oxygen atoms in total. The first-order chi connectivity index (χ1) is 9.37. The summed E-state index contributed by atoms with van der Waals surface area (Å²) in [5.74, 6) is 0.101. The topological polar surface area (TPSA) is 63.2 Å². The van der Waals surface area contributed by atoms with Crippen molar-refractivity contribution in [1.82, 2.24) is 5.32 Å². The number of hydrogen-bond acceptors (Lipinski definition) is 4. The fourth-order valence-corrected chi connectivity index (χ4v) is 4.07. The number of carbonyl (C=O) groups is 1. The van der Waals surface area contributed by atoms with E-state index in [1.54, 1.807) is 18.2 Å². The van der Waals surface area contributed by atoms with Crippen LogP contribution in [0.2, 0.25) is 10.0 Å². The Morgan fingerprint density at radius 1 is 1.35 bits per heavy atom. The quantitative estimate of drug-likeness (QED) is 0.912. The van der Waals surface area contributed by atoms with Crippen LogP contribution >= 0.6 is 23.2 Å². The molecule has 2 rings (SSSR count). The first-order valence-electron chi connectivity index (χ1n) is 6.26. The van der Waals surface area contributed by atoms with Gasteiger partial charge in [-0.25, -0.2) is 8.42 Å². The van der Waals surface area contributed by atoms with E-state index in [2.05, 4.69) is 5.32 Å². The van der Waals surface area contributed by atoms with Gasteiger partial charge in [-0.3, -0.25) is 4.79 Å². The van der Waals surface area contributed by atoms with E-state index < -0.39 is 9.84 Å². The molecule has 1 aromatic rings. The molecule has 1 aliphatic rings. The van der Waals surface area contributed by atoms with Crippen molar-refractivity contribution in [3.05, 3.63) is 33.8 Å². The maximum Gasteiger partial charge on any atom is 0.153 e. The number of sulfone groups is 1. The summed E-state index contributed by atoms with van der Waals surface area (Å²) in [6.45, 7) is 0.401. The zero-order valence-electron chi connectivity index (χ0n) is 10.7. The van der Waals surface area contributed by atoms with Crippen LogP contribution in [0.25, 0.3) is 0 Å². The fraction of sp³-hybridized carbons (Fsp3) is 0.462. The van der Waals surface area contributed by atoms with Gasteiger partial charge in [-0.05, 0) is 11.6 Å². The van der Waals surface area contributed by atoms with Crippen molar-refractivity contribution >= 4 is 38.8 Å². The summed E-state index contributed by atoms with van der Waals surface area (Å²) in [6, 6.07) is 4.84. The third kappa shape index (κ3) is 4.19. The number of hydrogen-bond donors (Lipinski definition) is 1. The number of nitrogens with one attached hydrogen (secondary N) is 1. The highest BCUT2D eigenvalue weighted by atomic mass is 35.5. The number of halogens is 2. The zero-order valence-corrected chi connectivity index (χ0v) is 13.1. The van der Waals surface area contributed by atoms with Crippen LogP contribution in [0.1, 0.15) is 12.0 Å². The Labute approximate surface area is 128 Å². The van der Waals surface area contributed by atoms with Crippen LogP contribution in [0.3, 0.4) is 0 Å². The van der Waals surface area contributed by atoms with Crippen molar-refractivity contribution in [2.75, 3.05) is 18.1 Å². The second-order valence-corrected chi connectivity index (χ2v) is 7.91. The average molecular weight is 336 g/mol. The van der Waals surface area contributed by atoms with Gasteiger partial charge in [0.15, 0.2) is 9.84 Å². The Bertz CT molecular complexity index is 616. The van der Waals surface area contributed by atoms with E-state index in [1.807, 2.05) is 0 Å². The molecular weight excluding hydrogens is 321 g/mol. The minimum absolute atomic E-state index is 0.0159. The van der Waals surface area contributed by atoms with E-state index in [1.165, 1.54) is 0 Å². The molecule has 1 heterocycles. The molecule has 0 bridgehead atoms. The number of rotatable bonds is 4. The van der Waals surface area contributed by atoms with Gasteiger partial charge < -0.3 is 5.32 Å². The molecule has 1 atom stereocenters. The number of ketones is 1. The van der Waals surface area contributed by atoms with E-state index in [0.29, 0.717) is 22.2 Å². The Hall–Kier alpha value is -0.620. The highest BCUT2D eigenvalue weighted by Gasteiger charge is 2.26. The second kappa shape index (κ2) is 6.43. The SMILES string of the molecule is O=C(Cc1cccc(Cl)c1Cl)CC1CS(=O)(=O)CCN1. The van der Waals surface area contributed by atoms with Gasteiger partial charge in [-0.2, -0.15) is 0 Å². The maximum absolute atomic E-state index is 12.0. The van der Waals surface area contributed by atoms with E-state index in [9.17, 15) is 13.2 Å². The van der Waals surface area contributed by atoms with Crippen LogP contribution in [-0.4, -0.2) is 38.3 Å². The Kier molecular flexibility index (Phi) is 5.07. The van der Waals surface area contributed by atoms with E-state index >= 15 is 0 Å². The molecule has 1 fully saturated rings. The maximum atomic E-state index is 12.0. The molecule has 0 saturated carbocycles. The van der Waals surface area contributed by atoms with Crippen molar-refractivity contribution in [1.29, 1.82) is 0 Å². The average Bonchev–Trinajstić information content (AvgIpc) is 2.33. The van der Waals surface area contributed by atoms with Gasteiger partial charge in [0, 0.05) is 25.4 Å². The Balaban J connectivity index is 1.97. The standard InChI is InChI=1S/C13H15Cl2NO3S/c14-12-3-1-2-9(13(12)15)6-11(17)7-10-8-20(18,19)5-4-16-10/h1-3,10,16H,4-8H2. The molecule has 0 aliphatic carbocycles. The lowest BCUT2D eigenvalue weighted by atomic mass is 10.0. The highest BCUT2D eigenvalue weighted by Crippen LogP contribution is 2.26. The van der Waals surface area contributed by atoms with Crippen molar-refractivity contribution in [2.45, 2.75) is 18.9 Å². The molecule has 1 aromatic carbocycles. The lowest BCUT2D eigenvalue weighted by molar-refractivity contribution is -0.118. The summed E-state index contributed by atoms with van der Waals surface area (Å²) >= 11 is 11.9. The van der Waals surface area contributed by atoms with Crippen LogP contribution in [0.4, 0.5) is 0 Å². The van der Waals surface area contributed by atoms with Gasteiger partial charge in [0.05, 0.1) is 21.6 Å². The van der Waals surface area contributed by atoms with E-state index in [4.69, 9.17) is 23.2 Å². The predicted octanol–water partition coefficient (Wildman–Crippen LogP) is 1.88. The summed E-state index contributed by atoms with van der Waals surface area (Å²) in [5.41, 5.74) is 0.669. The van der Waals surface area contributed by atoms with Crippen molar-refractivity contribution in [2.24, 2.45) is 0 Å². The van der Waals surface area contributed by atoms with Gasteiger partial charge in [0.25, 0.3) is 0 Å². The summed E-state index contributed by atoms with van der Waals surface area (Å²) in [6.07, 6.45) is 0.347. The number of Topliss-reactive ketones (excluding diaryl/α,β-unsaturated/α-hetero) is 1. The van der Waals surface area contributed by atoms with Crippen molar-refractivity contribution in [3.8, 4) is 0 Å². The van der Waals surface area contributed by atoms with Crippen molar-refractivity contribution in [3.63, 3.8) is 0 Å². The Morgan fingerprint density at radius 2 is 2.10 bits per heavy atom. The van der Waals surface area contributed by atoms with E-state index in [-0.39, 0.29) is 36.2 Å². The van der Waals surface area contributed by atoms with Gasteiger partial charge in [0.1, 0.15) is 5.78 Å². The molecule has 1 unspecified atom stereocenters. The smallest absolute Gasteiger partial charge is 0.153 e. The minimum atomic E-state index is -3.03. The highest BCUT2D eigenvalue weighted by molar-refractivity contribution is 7.91. The first-order valence-corrected chi connectivity index (χ1v) is 8.83. The molecular formula is C13H15Cl2NO3S. The third-order valence-corrected chi connectivity index (χ3v) is 5.79. The monoisotopic (exact) mass is 335 g/mol. The molecule has 1 N–H and O–H groups in total. The summed E-state index contributed by atoms with van der Waals surface area (Å²) in [4.78, 5) is 12.0. The lowest BCUT2D eigenvalue weighted by Crippen LogP contribution is -2.46. The van der Waals surface area contributed by atoms with Crippen molar-refractivity contribution < 1.29 is 13.2 Å². The zero-order chi connectivity index (χ0) is 14.8. The molecule has 0 aromatic heterocycles. The normalized spacial score (nSPS) is 21.6. The van der Waals surface area contributed by atoms with E-state index in [0.717, 1.165) is 0 Å². The largest absolute Gasteiger partial charge is 0.312 e. The minimum Gasteiger partial charge on any atom is -0.312 e. The lowest BCUT2D eigenvalue weighted by Gasteiger charge is -2.23. The third-order valence-electron chi connectivity index (χ3n) is 3.19. The van der Waals surface area contributed by atoms with Crippen LogP contribution in [0.15, 0.2) is 18.2 Å². The molecule has 0 spiro atoms. The molecule has 20 heavy (non-hydrogen) atoms. The van der Waals surface area contributed by atoms with Crippen LogP contribution in [-0.2, 0) is 21.1 Å². The summed E-state index contributed by atoms with van der Waals surface area (Å²) < 4.78 is 23.0. The predicted molar refractivity (Wildman–Crippen MR) is 80.2 cm³/mol. The molecule has 0 amide bonds. The molecule has 0 radical (unpaired) electrons. The van der Waals surface area contributed by atoms with Crippen LogP contribution in [0.5, 0.6) is 0 Å². The van der Waals surface area contributed by atoms with Gasteiger partial charge in [-0.1, -0.05) is 35.3 Å². The number of benzene rings is 1. The fourth-order valence-electron chi connectivity index (χ4n) is 2.24. The van der Waals surface area contributed by atoms with Gasteiger partial charge in [0.2, 0.25) is 0 Å². The van der Waals surface area contributed by atoms with Gasteiger partial charge in [-0.15, -0.1) is 0 Å². The summed E-state index contributed by atoms with van der Waals surface area (Å²) in [5, 5.41) is 3.85. The second-order valence-electron chi connectivity index (χ2n) is 4.90. The van der Waals surface area contributed by atoms with Crippen LogP contribution < -0.4 is 5.32 Å². The molecule has 110 valence electrons. The van der Waals surface area contributed by atoms with Gasteiger partial charge >= 0.3 is 0 Å². The molecule has 7 heteroatoms.